The van der Waals surface area contributed by atoms with Gasteiger partial charge in [0.05, 0.1) is 17.5 Å². The fraction of sp³-hybridized carbons (Fsp3) is 0.467. The predicted octanol–water partition coefficient (Wildman–Crippen LogP) is 3.09. The van der Waals surface area contributed by atoms with Crippen molar-refractivity contribution in [3.63, 3.8) is 0 Å². The zero-order chi connectivity index (χ0) is 13.5. The maximum Gasteiger partial charge on any atom is 0.192 e. The van der Waals surface area contributed by atoms with E-state index in [0.29, 0.717) is 5.89 Å². The Morgan fingerprint density at radius 2 is 2.26 bits per heavy atom. The molecule has 1 heterocycles. The number of nitriles is 1. The second-order valence-electron chi connectivity index (χ2n) is 5.30. The van der Waals surface area contributed by atoms with Gasteiger partial charge in [0.2, 0.25) is 0 Å². The molecule has 1 aliphatic rings. The van der Waals surface area contributed by atoms with E-state index in [1.54, 1.807) is 0 Å². The molecule has 0 bridgehead atoms. The van der Waals surface area contributed by atoms with Crippen LogP contribution in [-0.4, -0.2) is 12.0 Å². The summed E-state index contributed by atoms with van der Waals surface area (Å²) in [6, 6.07) is 8.59. The maximum absolute atomic E-state index is 9.49. The van der Waals surface area contributed by atoms with Crippen molar-refractivity contribution in [2.45, 2.75) is 32.2 Å². The fourth-order valence-corrected chi connectivity index (χ4v) is 3.02. The lowest BCUT2D eigenvalue weighted by molar-refractivity contribution is 0.149. The third-order valence-electron chi connectivity index (χ3n) is 4.16. The molecule has 1 fully saturated rings. The number of nitrogens with one attached hydrogen (secondary N) is 1. The molecule has 1 aromatic heterocycles. The molecular weight excluding hydrogens is 238 g/mol. The quantitative estimate of drug-likeness (QED) is 0.915. The predicted molar refractivity (Wildman–Crippen MR) is 72.4 cm³/mol. The van der Waals surface area contributed by atoms with Crippen molar-refractivity contribution >= 4 is 11.1 Å². The van der Waals surface area contributed by atoms with Crippen molar-refractivity contribution < 1.29 is 4.42 Å². The summed E-state index contributed by atoms with van der Waals surface area (Å²) in [4.78, 5) is 4.30. The Balaban J connectivity index is 2.04. The van der Waals surface area contributed by atoms with E-state index in [2.05, 4.69) is 16.4 Å². The lowest BCUT2D eigenvalue weighted by Crippen LogP contribution is -2.40. The average molecular weight is 255 g/mol. The van der Waals surface area contributed by atoms with E-state index in [0.717, 1.165) is 35.9 Å². The molecule has 1 N–H and O–H groups in total. The Bertz CT molecular complexity index is 649. The van der Waals surface area contributed by atoms with E-state index in [1.165, 1.54) is 0 Å². The van der Waals surface area contributed by atoms with E-state index >= 15 is 0 Å². The molecule has 4 nitrogen and oxygen atoms in total. The molecule has 0 aliphatic heterocycles. The molecule has 1 unspecified atom stereocenters. The van der Waals surface area contributed by atoms with Crippen LogP contribution in [0.4, 0.5) is 0 Å². The molecule has 2 aromatic rings. The summed E-state index contributed by atoms with van der Waals surface area (Å²) in [5, 5.41) is 12.8. The molecule has 1 aliphatic carbocycles. The highest BCUT2D eigenvalue weighted by Gasteiger charge is 2.44. The first-order valence-electron chi connectivity index (χ1n) is 6.64. The van der Waals surface area contributed by atoms with Crippen LogP contribution >= 0.6 is 0 Å². The summed E-state index contributed by atoms with van der Waals surface area (Å²) < 4.78 is 5.58. The molecule has 1 saturated carbocycles. The average Bonchev–Trinajstić information content (AvgIpc) is 2.72. The molecule has 0 radical (unpaired) electrons. The van der Waals surface area contributed by atoms with Gasteiger partial charge in [0.15, 0.2) is 11.5 Å². The number of oxazole rings is 1. The van der Waals surface area contributed by atoms with E-state index < -0.39 is 0 Å². The highest BCUT2D eigenvalue weighted by atomic mass is 16.3. The molecule has 0 amide bonds. The monoisotopic (exact) mass is 255 g/mol. The Morgan fingerprint density at radius 1 is 1.47 bits per heavy atom. The van der Waals surface area contributed by atoms with Gasteiger partial charge in [-0.25, -0.2) is 4.98 Å². The van der Waals surface area contributed by atoms with Crippen molar-refractivity contribution in [1.82, 2.24) is 10.3 Å². The molecule has 19 heavy (non-hydrogen) atoms. The second kappa shape index (κ2) is 4.36. The molecule has 4 heteroatoms. The zero-order valence-corrected chi connectivity index (χ0v) is 11.2. The first-order valence-corrected chi connectivity index (χ1v) is 6.64. The van der Waals surface area contributed by atoms with Gasteiger partial charge in [-0.3, -0.25) is 0 Å². The number of aromatic nitrogens is 1. The summed E-state index contributed by atoms with van der Waals surface area (Å²) in [6.45, 7) is 1.85. The van der Waals surface area contributed by atoms with Crippen molar-refractivity contribution in [3.8, 4) is 6.07 Å². The van der Waals surface area contributed by atoms with Gasteiger partial charge < -0.3 is 9.73 Å². The number of aryl methyl sites for hydroxylation is 1. The van der Waals surface area contributed by atoms with Gasteiger partial charge in [-0.2, -0.15) is 5.26 Å². The number of fused-ring (bicyclic) bond motifs is 1. The highest BCUT2D eigenvalue weighted by Crippen LogP contribution is 2.49. The van der Waals surface area contributed by atoms with Crippen molar-refractivity contribution in [2.75, 3.05) is 7.05 Å². The number of rotatable bonds is 3. The van der Waals surface area contributed by atoms with Gasteiger partial charge in [0.1, 0.15) is 5.52 Å². The Morgan fingerprint density at radius 3 is 2.84 bits per heavy atom. The van der Waals surface area contributed by atoms with Crippen LogP contribution in [-0.2, 0) is 0 Å². The Hall–Kier alpha value is -1.86. The normalized spacial score (nSPS) is 18.8. The van der Waals surface area contributed by atoms with Gasteiger partial charge in [-0.05, 0) is 37.6 Å². The van der Waals surface area contributed by atoms with E-state index in [4.69, 9.17) is 4.42 Å². The summed E-state index contributed by atoms with van der Waals surface area (Å²) in [5.41, 5.74) is 2.50. The maximum atomic E-state index is 9.49. The number of hydrogen-bond donors (Lipinski definition) is 1. The summed E-state index contributed by atoms with van der Waals surface area (Å²) in [5.74, 6) is 0.673. The number of benzene rings is 1. The smallest absolute Gasteiger partial charge is 0.192 e. The van der Waals surface area contributed by atoms with Crippen LogP contribution in [0.2, 0.25) is 0 Å². The van der Waals surface area contributed by atoms with Gasteiger partial charge in [0.25, 0.3) is 0 Å². The zero-order valence-electron chi connectivity index (χ0n) is 11.2. The Kier molecular flexibility index (Phi) is 2.79. The molecule has 1 aromatic carbocycles. The third-order valence-corrected chi connectivity index (χ3v) is 4.16. The molecule has 3 rings (SSSR count). The fourth-order valence-electron chi connectivity index (χ4n) is 3.02. The molecule has 0 saturated heterocycles. The van der Waals surface area contributed by atoms with Crippen LogP contribution in [0.25, 0.3) is 11.1 Å². The van der Waals surface area contributed by atoms with Crippen molar-refractivity contribution in [2.24, 2.45) is 5.41 Å². The Labute approximate surface area is 112 Å². The third kappa shape index (κ3) is 1.82. The standard InChI is InChI=1S/C15H17N3O/c1-10-18-12-5-4-11(8-13(12)19-10)14(17-2)15(9-16)6-3-7-15/h4-5,8,14,17H,3,6-7H2,1-2H3. The molecule has 0 spiro atoms. The number of hydrogen-bond acceptors (Lipinski definition) is 4. The van der Waals surface area contributed by atoms with E-state index in [-0.39, 0.29) is 11.5 Å². The summed E-state index contributed by atoms with van der Waals surface area (Å²) in [7, 11) is 1.91. The van der Waals surface area contributed by atoms with Crippen molar-refractivity contribution in [3.05, 3.63) is 29.7 Å². The minimum Gasteiger partial charge on any atom is -0.441 e. The SMILES string of the molecule is CNC(c1ccc2nc(C)oc2c1)C1(C#N)CCC1. The first-order chi connectivity index (χ1) is 9.18. The molecular formula is C15H17N3O. The van der Waals surface area contributed by atoms with Crippen LogP contribution in [0.3, 0.4) is 0 Å². The van der Waals surface area contributed by atoms with Crippen LogP contribution in [0, 0.1) is 23.7 Å². The second-order valence-corrected chi connectivity index (χ2v) is 5.30. The van der Waals surface area contributed by atoms with E-state index in [1.807, 2.05) is 32.2 Å². The minimum absolute atomic E-state index is 0.0565. The van der Waals surface area contributed by atoms with Crippen LogP contribution in [0.5, 0.6) is 0 Å². The van der Waals surface area contributed by atoms with Crippen LogP contribution < -0.4 is 5.32 Å². The minimum atomic E-state index is -0.266. The van der Waals surface area contributed by atoms with Gasteiger partial charge >= 0.3 is 0 Å². The van der Waals surface area contributed by atoms with Gasteiger partial charge in [0, 0.05) is 6.92 Å². The number of nitrogens with zero attached hydrogens (tertiary/aromatic N) is 2. The van der Waals surface area contributed by atoms with E-state index in [9.17, 15) is 5.26 Å². The van der Waals surface area contributed by atoms with Crippen LogP contribution in [0.1, 0.15) is 36.8 Å². The lowest BCUT2D eigenvalue weighted by atomic mass is 9.63. The first kappa shape index (κ1) is 12.2. The largest absolute Gasteiger partial charge is 0.441 e. The summed E-state index contributed by atoms with van der Waals surface area (Å²) >= 11 is 0. The van der Waals surface area contributed by atoms with Gasteiger partial charge in [-0.15, -0.1) is 0 Å². The highest BCUT2D eigenvalue weighted by molar-refractivity contribution is 5.73. The topological polar surface area (TPSA) is 61.9 Å². The summed E-state index contributed by atoms with van der Waals surface area (Å²) in [6.07, 6.45) is 3.06. The molecule has 98 valence electrons. The van der Waals surface area contributed by atoms with Crippen LogP contribution in [0.15, 0.2) is 22.6 Å². The van der Waals surface area contributed by atoms with Gasteiger partial charge in [-0.1, -0.05) is 12.5 Å². The lowest BCUT2D eigenvalue weighted by Gasteiger charge is -2.42. The van der Waals surface area contributed by atoms with Crippen molar-refractivity contribution in [1.29, 1.82) is 5.26 Å². The molecule has 1 atom stereocenters.